The van der Waals surface area contributed by atoms with Crippen LogP contribution < -0.4 is 5.32 Å². The average molecular weight is 300 g/mol. The Bertz CT molecular complexity index is 259. The Balaban J connectivity index is 1.95. The molecule has 1 saturated heterocycles. The first-order chi connectivity index (χ1) is 9.99. The van der Waals surface area contributed by atoms with Crippen LogP contribution in [0.3, 0.4) is 0 Å². The van der Waals surface area contributed by atoms with Gasteiger partial charge in [-0.15, -0.1) is 0 Å². The van der Waals surface area contributed by atoms with E-state index in [-0.39, 0.29) is 6.10 Å². The standard InChI is InChI=1S/C17H36N2O2/c1-14(2)6-5-9-21-13-17(20)11-18-10-16-7-8-19(12-16)15(3)4/h14-18,20H,5-13H2,1-4H3. The van der Waals surface area contributed by atoms with Crippen molar-refractivity contribution >= 4 is 0 Å². The highest BCUT2D eigenvalue weighted by molar-refractivity contribution is 4.79. The first-order valence-electron chi connectivity index (χ1n) is 8.69. The second-order valence-corrected chi connectivity index (χ2v) is 7.17. The molecule has 2 unspecified atom stereocenters. The summed E-state index contributed by atoms with van der Waals surface area (Å²) in [6.45, 7) is 14.2. The maximum absolute atomic E-state index is 9.87. The van der Waals surface area contributed by atoms with Crippen LogP contribution in [-0.4, -0.2) is 61.5 Å². The number of nitrogens with one attached hydrogen (secondary N) is 1. The van der Waals surface area contributed by atoms with E-state index in [0.29, 0.717) is 19.2 Å². The van der Waals surface area contributed by atoms with Gasteiger partial charge in [0.2, 0.25) is 0 Å². The van der Waals surface area contributed by atoms with Crippen LogP contribution in [0.1, 0.15) is 47.0 Å². The Labute approximate surface area is 131 Å². The van der Waals surface area contributed by atoms with Crippen LogP contribution in [0.15, 0.2) is 0 Å². The van der Waals surface area contributed by atoms with Crippen molar-refractivity contribution in [2.75, 3.05) is 39.4 Å². The largest absolute Gasteiger partial charge is 0.389 e. The fourth-order valence-corrected chi connectivity index (χ4v) is 2.82. The minimum absolute atomic E-state index is 0.383. The van der Waals surface area contributed by atoms with Crippen LogP contribution in [0.2, 0.25) is 0 Å². The lowest BCUT2D eigenvalue weighted by Crippen LogP contribution is -2.35. The molecule has 0 aromatic rings. The van der Waals surface area contributed by atoms with Gasteiger partial charge in [-0.1, -0.05) is 13.8 Å². The van der Waals surface area contributed by atoms with E-state index in [9.17, 15) is 5.11 Å². The molecule has 1 aliphatic rings. The van der Waals surface area contributed by atoms with Crippen molar-refractivity contribution in [3.63, 3.8) is 0 Å². The number of hydrogen-bond donors (Lipinski definition) is 2. The van der Waals surface area contributed by atoms with Gasteiger partial charge in [-0.3, -0.25) is 0 Å². The zero-order valence-electron chi connectivity index (χ0n) is 14.5. The van der Waals surface area contributed by atoms with E-state index in [1.807, 2.05) is 0 Å². The number of hydrogen-bond acceptors (Lipinski definition) is 4. The highest BCUT2D eigenvalue weighted by Crippen LogP contribution is 2.17. The number of likely N-dealkylation sites (tertiary alicyclic amines) is 1. The third-order valence-electron chi connectivity index (χ3n) is 4.24. The first kappa shape index (κ1) is 18.9. The van der Waals surface area contributed by atoms with Gasteiger partial charge in [-0.2, -0.15) is 0 Å². The molecule has 0 amide bonds. The Morgan fingerprint density at radius 2 is 2.05 bits per heavy atom. The predicted octanol–water partition coefficient (Wildman–Crippen LogP) is 2.12. The minimum Gasteiger partial charge on any atom is -0.389 e. The normalized spacial score (nSPS) is 21.6. The molecule has 0 bridgehead atoms. The topological polar surface area (TPSA) is 44.7 Å². The molecular weight excluding hydrogens is 264 g/mol. The Kier molecular flexibility index (Phi) is 9.49. The predicted molar refractivity (Wildman–Crippen MR) is 88.6 cm³/mol. The highest BCUT2D eigenvalue weighted by Gasteiger charge is 2.23. The number of nitrogens with zero attached hydrogens (tertiary/aromatic N) is 1. The van der Waals surface area contributed by atoms with E-state index in [1.165, 1.54) is 25.9 Å². The molecule has 1 rings (SSSR count). The fraction of sp³-hybridized carbons (Fsp3) is 1.00. The third kappa shape index (κ3) is 8.77. The van der Waals surface area contributed by atoms with Gasteiger partial charge < -0.3 is 20.1 Å². The van der Waals surface area contributed by atoms with E-state index in [4.69, 9.17) is 4.74 Å². The molecule has 1 heterocycles. The van der Waals surface area contributed by atoms with Crippen LogP contribution in [0.4, 0.5) is 0 Å². The van der Waals surface area contributed by atoms with Gasteiger partial charge in [0.1, 0.15) is 0 Å². The summed E-state index contributed by atoms with van der Waals surface area (Å²) in [5.74, 6) is 1.46. The zero-order valence-corrected chi connectivity index (χ0v) is 14.5. The molecule has 0 aromatic heterocycles. The highest BCUT2D eigenvalue weighted by atomic mass is 16.5. The lowest BCUT2D eigenvalue weighted by Gasteiger charge is -2.20. The number of ether oxygens (including phenoxy) is 1. The van der Waals surface area contributed by atoms with E-state index >= 15 is 0 Å². The minimum atomic E-state index is -0.383. The number of rotatable bonds is 11. The number of aliphatic hydroxyl groups is 1. The summed E-state index contributed by atoms with van der Waals surface area (Å²) < 4.78 is 5.52. The Morgan fingerprint density at radius 3 is 2.67 bits per heavy atom. The summed E-state index contributed by atoms with van der Waals surface area (Å²) in [4.78, 5) is 2.53. The van der Waals surface area contributed by atoms with Gasteiger partial charge in [0, 0.05) is 25.7 Å². The van der Waals surface area contributed by atoms with Gasteiger partial charge in [-0.25, -0.2) is 0 Å². The smallest absolute Gasteiger partial charge is 0.0897 e. The summed E-state index contributed by atoms with van der Waals surface area (Å²) in [5, 5.41) is 13.3. The van der Waals surface area contributed by atoms with E-state index < -0.39 is 0 Å². The molecule has 1 aliphatic heterocycles. The summed E-state index contributed by atoms with van der Waals surface area (Å²) in [6.07, 6.45) is 3.17. The monoisotopic (exact) mass is 300 g/mol. The molecule has 0 spiro atoms. The average Bonchev–Trinajstić information content (AvgIpc) is 2.87. The molecular formula is C17H36N2O2. The maximum Gasteiger partial charge on any atom is 0.0897 e. The molecule has 21 heavy (non-hydrogen) atoms. The quantitative estimate of drug-likeness (QED) is 0.574. The second kappa shape index (κ2) is 10.5. The number of aliphatic hydroxyl groups excluding tert-OH is 1. The summed E-state index contributed by atoms with van der Waals surface area (Å²) in [7, 11) is 0. The molecule has 2 atom stereocenters. The van der Waals surface area contributed by atoms with Crippen molar-refractivity contribution in [2.24, 2.45) is 11.8 Å². The summed E-state index contributed by atoms with van der Waals surface area (Å²) in [5.41, 5.74) is 0. The van der Waals surface area contributed by atoms with Crippen molar-refractivity contribution < 1.29 is 9.84 Å². The Morgan fingerprint density at radius 1 is 1.29 bits per heavy atom. The van der Waals surface area contributed by atoms with Crippen molar-refractivity contribution in [2.45, 2.75) is 59.1 Å². The van der Waals surface area contributed by atoms with Crippen molar-refractivity contribution in [1.82, 2.24) is 10.2 Å². The van der Waals surface area contributed by atoms with Crippen LogP contribution in [0.25, 0.3) is 0 Å². The van der Waals surface area contributed by atoms with Crippen LogP contribution in [0.5, 0.6) is 0 Å². The van der Waals surface area contributed by atoms with Gasteiger partial charge in [0.25, 0.3) is 0 Å². The molecule has 126 valence electrons. The SMILES string of the molecule is CC(C)CCCOCC(O)CNCC1CCN(C(C)C)C1. The van der Waals surface area contributed by atoms with Crippen LogP contribution in [0, 0.1) is 11.8 Å². The molecule has 4 heteroatoms. The molecule has 4 nitrogen and oxygen atoms in total. The summed E-state index contributed by atoms with van der Waals surface area (Å²) >= 11 is 0. The molecule has 0 saturated carbocycles. The van der Waals surface area contributed by atoms with E-state index in [1.54, 1.807) is 0 Å². The molecule has 0 radical (unpaired) electrons. The van der Waals surface area contributed by atoms with E-state index in [2.05, 4.69) is 37.9 Å². The van der Waals surface area contributed by atoms with Gasteiger partial charge in [-0.05, 0) is 58.0 Å². The summed E-state index contributed by atoms with van der Waals surface area (Å²) in [6, 6.07) is 0.653. The maximum atomic E-state index is 9.87. The molecule has 1 fully saturated rings. The van der Waals surface area contributed by atoms with Gasteiger partial charge in [0.15, 0.2) is 0 Å². The van der Waals surface area contributed by atoms with Crippen molar-refractivity contribution in [3.8, 4) is 0 Å². The van der Waals surface area contributed by atoms with Gasteiger partial charge in [0.05, 0.1) is 12.7 Å². The van der Waals surface area contributed by atoms with Gasteiger partial charge >= 0.3 is 0 Å². The second-order valence-electron chi connectivity index (χ2n) is 7.17. The lowest BCUT2D eigenvalue weighted by atomic mass is 10.1. The zero-order chi connectivity index (χ0) is 15.7. The molecule has 0 aliphatic carbocycles. The molecule has 2 N–H and O–H groups in total. The van der Waals surface area contributed by atoms with Crippen LogP contribution in [-0.2, 0) is 4.74 Å². The lowest BCUT2D eigenvalue weighted by molar-refractivity contribution is 0.0344. The Hall–Kier alpha value is -0.160. The fourth-order valence-electron chi connectivity index (χ4n) is 2.82. The molecule has 0 aromatic carbocycles. The van der Waals surface area contributed by atoms with Crippen molar-refractivity contribution in [1.29, 1.82) is 0 Å². The van der Waals surface area contributed by atoms with Crippen molar-refractivity contribution in [3.05, 3.63) is 0 Å². The van der Waals surface area contributed by atoms with E-state index in [0.717, 1.165) is 31.4 Å². The first-order valence-corrected chi connectivity index (χ1v) is 8.69. The van der Waals surface area contributed by atoms with Crippen LogP contribution >= 0.6 is 0 Å². The third-order valence-corrected chi connectivity index (χ3v) is 4.24.